The first-order valence-corrected chi connectivity index (χ1v) is 6.49. The summed E-state index contributed by atoms with van der Waals surface area (Å²) in [5.74, 6) is 0.134. The molecule has 1 aliphatic rings. The van der Waals surface area contributed by atoms with E-state index in [1.54, 1.807) is 0 Å². The van der Waals surface area contributed by atoms with Crippen molar-refractivity contribution in [3.05, 3.63) is 15.6 Å². The van der Waals surface area contributed by atoms with Crippen LogP contribution in [0.4, 0.5) is 0 Å². The minimum absolute atomic E-state index is 0.134. The number of thiazole rings is 1. The molecule has 0 aliphatic carbocycles. The van der Waals surface area contributed by atoms with Gasteiger partial charge < -0.3 is 10.6 Å². The predicted octanol–water partition coefficient (Wildman–Crippen LogP) is 1.54. The van der Waals surface area contributed by atoms with Gasteiger partial charge in [-0.05, 0) is 26.2 Å². The zero-order valence-corrected chi connectivity index (χ0v) is 10.3. The van der Waals surface area contributed by atoms with Crippen LogP contribution in [0.15, 0.2) is 0 Å². The van der Waals surface area contributed by atoms with Crippen molar-refractivity contribution < 1.29 is 4.79 Å². The van der Waals surface area contributed by atoms with Crippen molar-refractivity contribution >= 4 is 17.2 Å². The molecule has 4 nitrogen and oxygen atoms in total. The molecule has 0 spiro atoms. The van der Waals surface area contributed by atoms with E-state index >= 15 is 0 Å². The number of hydrogen-bond donors (Lipinski definition) is 1. The number of hydrogen-bond acceptors (Lipinski definition) is 4. The summed E-state index contributed by atoms with van der Waals surface area (Å²) in [4.78, 5) is 19.2. The van der Waals surface area contributed by atoms with Crippen molar-refractivity contribution in [2.45, 2.75) is 32.7 Å². The number of carbonyl (C=O) groups is 1. The highest BCUT2D eigenvalue weighted by Gasteiger charge is 2.22. The van der Waals surface area contributed by atoms with Crippen molar-refractivity contribution in [3.8, 4) is 0 Å². The molecule has 1 amide bonds. The summed E-state index contributed by atoms with van der Waals surface area (Å²) in [5, 5.41) is 0.845. The third kappa shape index (κ3) is 2.25. The van der Waals surface area contributed by atoms with Crippen LogP contribution in [0.2, 0.25) is 0 Å². The van der Waals surface area contributed by atoms with Crippen LogP contribution < -0.4 is 5.73 Å². The highest BCUT2D eigenvalue weighted by molar-refractivity contribution is 7.13. The van der Waals surface area contributed by atoms with Crippen LogP contribution in [0.25, 0.3) is 0 Å². The number of carbonyl (C=O) groups excluding carboxylic acids is 1. The number of likely N-dealkylation sites (tertiary alicyclic amines) is 1. The number of nitrogens with two attached hydrogens (primary N) is 1. The molecule has 0 aromatic carbocycles. The second-order valence-electron chi connectivity index (χ2n) is 4.08. The Hall–Kier alpha value is -0.940. The summed E-state index contributed by atoms with van der Waals surface area (Å²) in [5.41, 5.74) is 6.35. The second-order valence-corrected chi connectivity index (χ2v) is 5.16. The molecule has 0 saturated carbocycles. The molecule has 2 N–H and O–H groups in total. The van der Waals surface area contributed by atoms with Gasteiger partial charge in [0.2, 0.25) is 0 Å². The largest absolute Gasteiger partial charge is 0.338 e. The normalized spacial score (nSPS) is 16.5. The Labute approximate surface area is 99.5 Å². The molecule has 2 heterocycles. The Morgan fingerprint density at radius 2 is 2.12 bits per heavy atom. The van der Waals surface area contributed by atoms with E-state index in [1.165, 1.54) is 17.8 Å². The van der Waals surface area contributed by atoms with Crippen LogP contribution in [0.3, 0.4) is 0 Å². The van der Waals surface area contributed by atoms with E-state index in [-0.39, 0.29) is 5.91 Å². The quantitative estimate of drug-likeness (QED) is 0.851. The lowest BCUT2D eigenvalue weighted by molar-refractivity contribution is 0.0728. The van der Waals surface area contributed by atoms with Gasteiger partial charge in [-0.25, -0.2) is 4.98 Å². The number of aryl methyl sites for hydroxylation is 1. The minimum atomic E-state index is 0.134. The summed E-state index contributed by atoms with van der Waals surface area (Å²) in [6.07, 6.45) is 3.47. The Bertz CT molecular complexity index is 383. The van der Waals surface area contributed by atoms with Gasteiger partial charge in [-0.1, -0.05) is 0 Å². The number of amides is 1. The molecule has 1 aromatic heterocycles. The van der Waals surface area contributed by atoms with Crippen LogP contribution in [0.1, 0.15) is 39.6 Å². The van der Waals surface area contributed by atoms with Gasteiger partial charge in [0.25, 0.3) is 5.91 Å². The van der Waals surface area contributed by atoms with E-state index in [9.17, 15) is 4.79 Å². The maximum Gasteiger partial charge on any atom is 0.265 e. The standard InChI is InChI=1S/C11H17N3OS/c1-8-10(16-9(7-12)13-8)11(15)14-5-3-2-4-6-14/h2-7,12H2,1H3. The zero-order chi connectivity index (χ0) is 11.5. The maximum absolute atomic E-state index is 12.2. The SMILES string of the molecule is Cc1nc(CN)sc1C(=O)N1CCCCC1. The van der Waals surface area contributed by atoms with Crippen LogP contribution in [-0.2, 0) is 6.54 Å². The van der Waals surface area contributed by atoms with Gasteiger partial charge in [-0.2, -0.15) is 0 Å². The molecule has 0 atom stereocenters. The molecule has 2 rings (SSSR count). The van der Waals surface area contributed by atoms with Gasteiger partial charge in [0.05, 0.1) is 5.69 Å². The molecule has 0 bridgehead atoms. The summed E-state index contributed by atoms with van der Waals surface area (Å²) in [7, 11) is 0. The van der Waals surface area contributed by atoms with Crippen molar-refractivity contribution in [2.24, 2.45) is 5.73 Å². The number of rotatable bonds is 2. The Kier molecular flexibility index (Phi) is 3.56. The van der Waals surface area contributed by atoms with E-state index in [2.05, 4.69) is 4.98 Å². The summed E-state index contributed by atoms with van der Waals surface area (Å²) < 4.78 is 0. The molecule has 0 radical (unpaired) electrons. The van der Waals surface area contributed by atoms with Crippen LogP contribution >= 0.6 is 11.3 Å². The smallest absolute Gasteiger partial charge is 0.265 e. The zero-order valence-electron chi connectivity index (χ0n) is 9.53. The summed E-state index contributed by atoms with van der Waals surface area (Å²) in [6.45, 7) is 4.06. The number of nitrogens with zero attached hydrogens (tertiary/aromatic N) is 2. The molecule has 88 valence electrons. The highest BCUT2D eigenvalue weighted by atomic mass is 32.1. The van der Waals surface area contributed by atoms with Crippen molar-refractivity contribution in [1.82, 2.24) is 9.88 Å². The van der Waals surface area contributed by atoms with Gasteiger partial charge in [-0.3, -0.25) is 4.79 Å². The van der Waals surface area contributed by atoms with Crippen molar-refractivity contribution in [1.29, 1.82) is 0 Å². The van der Waals surface area contributed by atoms with Gasteiger partial charge in [-0.15, -0.1) is 11.3 Å². The van der Waals surface area contributed by atoms with E-state index < -0.39 is 0 Å². The van der Waals surface area contributed by atoms with Gasteiger partial charge in [0, 0.05) is 19.6 Å². The van der Waals surface area contributed by atoms with Crippen molar-refractivity contribution in [3.63, 3.8) is 0 Å². The number of aromatic nitrogens is 1. The monoisotopic (exact) mass is 239 g/mol. The topological polar surface area (TPSA) is 59.2 Å². The first-order valence-electron chi connectivity index (χ1n) is 5.68. The first-order chi connectivity index (χ1) is 7.72. The van der Waals surface area contributed by atoms with Crippen LogP contribution in [0.5, 0.6) is 0 Å². The minimum Gasteiger partial charge on any atom is -0.338 e. The Balaban J connectivity index is 2.15. The molecule has 5 heteroatoms. The predicted molar refractivity (Wildman–Crippen MR) is 64.5 cm³/mol. The fourth-order valence-electron chi connectivity index (χ4n) is 1.98. The third-order valence-corrected chi connectivity index (χ3v) is 4.02. The lowest BCUT2D eigenvalue weighted by Gasteiger charge is -2.26. The lowest BCUT2D eigenvalue weighted by Crippen LogP contribution is -2.35. The van der Waals surface area contributed by atoms with E-state index in [1.807, 2.05) is 11.8 Å². The van der Waals surface area contributed by atoms with Crippen LogP contribution in [-0.4, -0.2) is 28.9 Å². The molecular formula is C11H17N3OS. The van der Waals surface area contributed by atoms with E-state index in [4.69, 9.17) is 5.73 Å². The van der Waals surface area contributed by atoms with Gasteiger partial charge in [0.15, 0.2) is 0 Å². The lowest BCUT2D eigenvalue weighted by atomic mass is 10.1. The maximum atomic E-state index is 12.2. The average Bonchev–Trinajstić information content (AvgIpc) is 2.71. The summed E-state index contributed by atoms with van der Waals surface area (Å²) in [6, 6.07) is 0. The summed E-state index contributed by atoms with van der Waals surface area (Å²) >= 11 is 1.43. The molecule has 1 aromatic rings. The molecule has 0 unspecified atom stereocenters. The highest BCUT2D eigenvalue weighted by Crippen LogP contribution is 2.21. The molecule has 1 aliphatic heterocycles. The first kappa shape index (κ1) is 11.5. The Morgan fingerprint density at radius 1 is 1.44 bits per heavy atom. The molecular weight excluding hydrogens is 222 g/mol. The third-order valence-electron chi connectivity index (χ3n) is 2.85. The fraction of sp³-hybridized carbons (Fsp3) is 0.636. The van der Waals surface area contributed by atoms with Crippen molar-refractivity contribution in [2.75, 3.05) is 13.1 Å². The van der Waals surface area contributed by atoms with E-state index in [0.29, 0.717) is 6.54 Å². The second kappa shape index (κ2) is 4.93. The van der Waals surface area contributed by atoms with Gasteiger partial charge >= 0.3 is 0 Å². The van der Waals surface area contributed by atoms with E-state index in [0.717, 1.165) is 41.5 Å². The number of piperidine rings is 1. The molecule has 16 heavy (non-hydrogen) atoms. The fourth-order valence-corrected chi connectivity index (χ4v) is 2.89. The molecule has 1 fully saturated rings. The molecule has 1 saturated heterocycles. The Morgan fingerprint density at radius 3 is 2.69 bits per heavy atom. The van der Waals surface area contributed by atoms with Crippen LogP contribution in [0, 0.1) is 6.92 Å². The van der Waals surface area contributed by atoms with Gasteiger partial charge in [0.1, 0.15) is 9.88 Å². The average molecular weight is 239 g/mol.